The summed E-state index contributed by atoms with van der Waals surface area (Å²) >= 11 is 0. The number of rotatable bonds is 5. The minimum absolute atomic E-state index is 0.321. The molecule has 27 heavy (non-hydrogen) atoms. The zero-order valence-corrected chi connectivity index (χ0v) is 15.5. The Morgan fingerprint density at radius 3 is 2.70 bits per heavy atom. The van der Waals surface area contributed by atoms with Gasteiger partial charge in [0.1, 0.15) is 5.82 Å². The third-order valence-electron chi connectivity index (χ3n) is 4.75. The van der Waals surface area contributed by atoms with E-state index in [1.807, 2.05) is 24.4 Å². The monoisotopic (exact) mass is 373 g/mol. The molecule has 1 saturated heterocycles. The molecule has 1 aromatic carbocycles. The Balaban J connectivity index is 1.44. The summed E-state index contributed by atoms with van der Waals surface area (Å²) in [5.74, 6) is 0.109. The first-order chi connectivity index (χ1) is 13.2. The van der Waals surface area contributed by atoms with Crippen LogP contribution in [0.15, 0.2) is 47.6 Å². The van der Waals surface area contributed by atoms with Crippen LogP contribution in [0.3, 0.4) is 0 Å². The summed E-state index contributed by atoms with van der Waals surface area (Å²) in [5.41, 5.74) is 0.363. The lowest BCUT2D eigenvalue weighted by atomic mass is 10.1. The van der Waals surface area contributed by atoms with Crippen molar-refractivity contribution in [3.8, 4) is 0 Å². The van der Waals surface area contributed by atoms with Gasteiger partial charge in [-0.3, -0.25) is 4.99 Å². The molecule has 1 aliphatic heterocycles. The molecular weight excluding hydrogens is 348 g/mol. The van der Waals surface area contributed by atoms with Gasteiger partial charge in [0.2, 0.25) is 0 Å². The van der Waals surface area contributed by atoms with Gasteiger partial charge in [-0.2, -0.15) is 0 Å². The van der Waals surface area contributed by atoms with Crippen molar-refractivity contribution in [1.82, 2.24) is 15.6 Å². The molecule has 0 amide bonds. The van der Waals surface area contributed by atoms with E-state index in [1.54, 1.807) is 13.1 Å². The van der Waals surface area contributed by atoms with Crippen LogP contribution in [-0.2, 0) is 6.42 Å². The number of piperidine rings is 1. The van der Waals surface area contributed by atoms with E-state index in [0.29, 0.717) is 30.5 Å². The molecule has 0 spiro atoms. The molecule has 1 aliphatic rings. The molecule has 2 aromatic rings. The van der Waals surface area contributed by atoms with E-state index in [4.69, 9.17) is 0 Å². The van der Waals surface area contributed by atoms with Crippen LogP contribution in [0, 0.1) is 11.6 Å². The number of guanidine groups is 1. The number of nitrogens with zero attached hydrogens (tertiary/aromatic N) is 3. The molecule has 1 aromatic heterocycles. The predicted molar refractivity (Wildman–Crippen MR) is 104 cm³/mol. The van der Waals surface area contributed by atoms with Gasteiger partial charge < -0.3 is 15.5 Å². The molecular formula is C20H25F2N5. The van der Waals surface area contributed by atoms with Crippen molar-refractivity contribution in [3.63, 3.8) is 0 Å². The molecule has 2 heterocycles. The fourth-order valence-corrected chi connectivity index (χ4v) is 3.24. The second-order valence-electron chi connectivity index (χ2n) is 6.56. The van der Waals surface area contributed by atoms with E-state index in [-0.39, 0.29) is 0 Å². The van der Waals surface area contributed by atoms with E-state index in [9.17, 15) is 8.78 Å². The highest BCUT2D eigenvalue weighted by atomic mass is 19.2. The van der Waals surface area contributed by atoms with Crippen LogP contribution >= 0.6 is 0 Å². The molecule has 7 heteroatoms. The van der Waals surface area contributed by atoms with Gasteiger partial charge in [-0.1, -0.05) is 18.2 Å². The first-order valence-electron chi connectivity index (χ1n) is 9.23. The topological polar surface area (TPSA) is 52.6 Å². The predicted octanol–water partition coefficient (Wildman–Crippen LogP) is 2.74. The number of aromatic nitrogens is 1. The van der Waals surface area contributed by atoms with Gasteiger partial charge in [0, 0.05) is 38.9 Å². The Kier molecular flexibility index (Phi) is 6.57. The van der Waals surface area contributed by atoms with E-state index >= 15 is 0 Å². The summed E-state index contributed by atoms with van der Waals surface area (Å²) in [6, 6.07) is 10.5. The molecule has 1 fully saturated rings. The molecule has 144 valence electrons. The summed E-state index contributed by atoms with van der Waals surface area (Å²) in [7, 11) is 1.71. The van der Waals surface area contributed by atoms with Gasteiger partial charge in [0.15, 0.2) is 17.6 Å². The number of aliphatic imine (C=N–C) groups is 1. The van der Waals surface area contributed by atoms with Gasteiger partial charge in [0.25, 0.3) is 0 Å². The van der Waals surface area contributed by atoms with Gasteiger partial charge in [-0.05, 0) is 43.0 Å². The molecule has 0 radical (unpaired) electrons. The lowest BCUT2D eigenvalue weighted by Crippen LogP contribution is -2.49. The fraction of sp³-hybridized carbons (Fsp3) is 0.400. The third-order valence-corrected chi connectivity index (χ3v) is 4.75. The molecule has 3 rings (SSSR count). The Morgan fingerprint density at radius 2 is 2.00 bits per heavy atom. The van der Waals surface area contributed by atoms with Crippen molar-refractivity contribution in [2.24, 2.45) is 4.99 Å². The second-order valence-corrected chi connectivity index (χ2v) is 6.56. The van der Waals surface area contributed by atoms with Crippen molar-refractivity contribution in [1.29, 1.82) is 0 Å². The summed E-state index contributed by atoms with van der Waals surface area (Å²) in [4.78, 5) is 10.9. The average molecular weight is 373 g/mol. The van der Waals surface area contributed by atoms with Crippen LogP contribution in [0.5, 0.6) is 0 Å². The molecule has 0 atom stereocenters. The summed E-state index contributed by atoms with van der Waals surface area (Å²) in [5, 5.41) is 6.59. The fourth-order valence-electron chi connectivity index (χ4n) is 3.24. The van der Waals surface area contributed by atoms with Crippen molar-refractivity contribution in [2.45, 2.75) is 25.3 Å². The number of pyridine rings is 1. The van der Waals surface area contributed by atoms with Gasteiger partial charge in [-0.25, -0.2) is 13.8 Å². The molecule has 0 saturated carbocycles. The summed E-state index contributed by atoms with van der Waals surface area (Å²) in [6.07, 6.45) is 4.17. The number of anilines is 1. The number of benzene rings is 1. The lowest BCUT2D eigenvalue weighted by Gasteiger charge is -2.33. The molecule has 0 bridgehead atoms. The van der Waals surface area contributed by atoms with Gasteiger partial charge in [0.05, 0.1) is 0 Å². The summed E-state index contributed by atoms with van der Waals surface area (Å²) in [6.45, 7) is 2.34. The van der Waals surface area contributed by atoms with E-state index in [2.05, 4.69) is 25.5 Å². The van der Waals surface area contributed by atoms with Crippen LogP contribution in [0.4, 0.5) is 14.6 Å². The van der Waals surface area contributed by atoms with E-state index in [1.165, 1.54) is 6.07 Å². The van der Waals surface area contributed by atoms with E-state index in [0.717, 1.165) is 37.8 Å². The van der Waals surface area contributed by atoms with Crippen LogP contribution in [0.2, 0.25) is 0 Å². The molecule has 0 aliphatic carbocycles. The lowest BCUT2D eigenvalue weighted by molar-refractivity contribution is 0.459. The third kappa shape index (κ3) is 5.15. The van der Waals surface area contributed by atoms with Gasteiger partial charge in [-0.15, -0.1) is 0 Å². The number of hydrogen-bond donors (Lipinski definition) is 2. The Labute approximate surface area is 158 Å². The molecule has 0 unspecified atom stereocenters. The van der Waals surface area contributed by atoms with Crippen LogP contribution < -0.4 is 15.5 Å². The standard InChI is InChI=1S/C20H25F2N5/c1-23-20(25-12-8-15-5-4-6-17(21)19(15)22)26-16-9-13-27(14-10-16)18-7-2-3-11-24-18/h2-7,11,16H,8-10,12-14H2,1H3,(H2,23,25,26). The SMILES string of the molecule is CN=C(NCCc1cccc(F)c1F)NC1CCN(c2ccccn2)CC1. The maximum atomic E-state index is 13.7. The van der Waals surface area contributed by atoms with Crippen molar-refractivity contribution in [3.05, 3.63) is 59.8 Å². The minimum Gasteiger partial charge on any atom is -0.356 e. The van der Waals surface area contributed by atoms with Crippen molar-refractivity contribution >= 4 is 11.8 Å². The highest BCUT2D eigenvalue weighted by Gasteiger charge is 2.20. The smallest absolute Gasteiger partial charge is 0.191 e. The highest BCUT2D eigenvalue weighted by molar-refractivity contribution is 5.80. The van der Waals surface area contributed by atoms with Crippen LogP contribution in [0.1, 0.15) is 18.4 Å². The number of hydrogen-bond acceptors (Lipinski definition) is 3. The average Bonchev–Trinajstić information content (AvgIpc) is 2.71. The maximum absolute atomic E-state index is 13.7. The molecule has 2 N–H and O–H groups in total. The Hall–Kier alpha value is -2.70. The van der Waals surface area contributed by atoms with Crippen LogP contribution in [0.25, 0.3) is 0 Å². The number of nitrogens with one attached hydrogen (secondary N) is 2. The highest BCUT2D eigenvalue weighted by Crippen LogP contribution is 2.17. The van der Waals surface area contributed by atoms with E-state index < -0.39 is 11.6 Å². The second kappa shape index (κ2) is 9.30. The Bertz CT molecular complexity index is 758. The quantitative estimate of drug-likeness (QED) is 0.625. The maximum Gasteiger partial charge on any atom is 0.191 e. The number of halogens is 2. The Morgan fingerprint density at radius 1 is 1.19 bits per heavy atom. The normalized spacial score (nSPS) is 15.7. The first-order valence-corrected chi connectivity index (χ1v) is 9.23. The first kappa shape index (κ1) is 19.1. The van der Waals surface area contributed by atoms with Gasteiger partial charge >= 0.3 is 0 Å². The molecule has 5 nitrogen and oxygen atoms in total. The summed E-state index contributed by atoms with van der Waals surface area (Å²) < 4.78 is 27.0. The van der Waals surface area contributed by atoms with Crippen LogP contribution in [-0.4, -0.2) is 43.7 Å². The van der Waals surface area contributed by atoms with Crippen molar-refractivity contribution < 1.29 is 8.78 Å². The zero-order chi connectivity index (χ0) is 19.1. The zero-order valence-electron chi connectivity index (χ0n) is 15.5. The minimum atomic E-state index is -0.810. The largest absolute Gasteiger partial charge is 0.356 e. The van der Waals surface area contributed by atoms with Crippen molar-refractivity contribution in [2.75, 3.05) is 31.6 Å².